The molecule has 1 aromatic carbocycles. The standard InChI is InChI=1S/C18H27N3OS.2ClH/c22-18(20-14-15-5-4-8-19-13-15)17(16-6-2-1-3-7-16)21-9-11-23-12-10-21;;/h1-3,6-7,15,17,19H,4-5,8-14H2,(H,20,22);2*1H. The van der Waals surface area contributed by atoms with Crippen molar-refractivity contribution < 1.29 is 4.79 Å². The van der Waals surface area contributed by atoms with Gasteiger partial charge in [0.2, 0.25) is 5.91 Å². The lowest BCUT2D eigenvalue weighted by molar-refractivity contribution is -0.126. The number of nitrogens with one attached hydrogen (secondary N) is 2. The maximum atomic E-state index is 12.9. The van der Waals surface area contributed by atoms with Crippen molar-refractivity contribution >= 4 is 42.5 Å². The van der Waals surface area contributed by atoms with Crippen LogP contribution >= 0.6 is 36.6 Å². The summed E-state index contributed by atoms with van der Waals surface area (Å²) in [5.74, 6) is 2.96. The van der Waals surface area contributed by atoms with E-state index in [4.69, 9.17) is 0 Å². The van der Waals surface area contributed by atoms with Gasteiger partial charge in [-0.25, -0.2) is 0 Å². The van der Waals surface area contributed by atoms with Gasteiger partial charge in [-0.05, 0) is 37.4 Å². The Morgan fingerprint density at radius 1 is 1.24 bits per heavy atom. The number of carbonyl (C=O) groups is 1. The molecule has 2 aliphatic heterocycles. The second kappa shape index (κ2) is 12.0. The minimum Gasteiger partial charge on any atom is -0.354 e. The predicted octanol–water partition coefficient (Wildman–Crippen LogP) is 2.74. The zero-order valence-corrected chi connectivity index (χ0v) is 16.9. The van der Waals surface area contributed by atoms with Crippen LogP contribution in [-0.2, 0) is 4.79 Å². The number of piperidine rings is 1. The van der Waals surface area contributed by atoms with E-state index in [0.717, 1.165) is 49.8 Å². The average Bonchev–Trinajstić information content (AvgIpc) is 2.63. The summed E-state index contributed by atoms with van der Waals surface area (Å²) in [4.78, 5) is 15.2. The highest BCUT2D eigenvalue weighted by molar-refractivity contribution is 7.99. The Kier molecular flexibility index (Phi) is 10.9. The van der Waals surface area contributed by atoms with E-state index in [0.29, 0.717) is 5.92 Å². The molecule has 4 nitrogen and oxygen atoms in total. The number of rotatable bonds is 5. The number of hydrogen-bond acceptors (Lipinski definition) is 4. The minimum absolute atomic E-state index is 0. The molecule has 1 aromatic rings. The fraction of sp³-hybridized carbons (Fsp3) is 0.611. The Balaban J connectivity index is 0.00000156. The van der Waals surface area contributed by atoms with Crippen LogP contribution in [-0.4, -0.2) is 55.0 Å². The third kappa shape index (κ3) is 6.65. The van der Waals surface area contributed by atoms with Crippen LogP contribution in [0.15, 0.2) is 30.3 Å². The zero-order chi connectivity index (χ0) is 15.9. The Hall–Kier alpha value is -0.460. The summed E-state index contributed by atoms with van der Waals surface area (Å²) < 4.78 is 0. The van der Waals surface area contributed by atoms with Gasteiger partial charge in [0.15, 0.2) is 0 Å². The number of hydrogen-bond donors (Lipinski definition) is 2. The summed E-state index contributed by atoms with van der Waals surface area (Å²) in [5.41, 5.74) is 1.11. The monoisotopic (exact) mass is 405 g/mol. The summed E-state index contributed by atoms with van der Waals surface area (Å²) in [6.07, 6.45) is 2.43. The fourth-order valence-electron chi connectivity index (χ4n) is 3.44. The molecule has 0 aromatic heterocycles. The molecule has 142 valence electrons. The van der Waals surface area contributed by atoms with E-state index in [-0.39, 0.29) is 36.8 Å². The normalized spacial score (nSPS) is 22.2. The first-order chi connectivity index (χ1) is 11.3. The number of halogens is 2. The maximum absolute atomic E-state index is 12.9. The Bertz CT molecular complexity index is 494. The van der Waals surface area contributed by atoms with Gasteiger partial charge >= 0.3 is 0 Å². The van der Waals surface area contributed by atoms with Crippen molar-refractivity contribution in [2.24, 2.45) is 5.92 Å². The van der Waals surface area contributed by atoms with Crippen LogP contribution in [0.25, 0.3) is 0 Å². The molecular formula is C18H29Cl2N3OS. The molecule has 3 rings (SSSR count). The second-order valence-electron chi connectivity index (χ2n) is 6.42. The first-order valence-electron chi connectivity index (χ1n) is 8.70. The summed E-state index contributed by atoms with van der Waals surface area (Å²) in [6, 6.07) is 10.1. The van der Waals surface area contributed by atoms with Crippen LogP contribution in [0.1, 0.15) is 24.4 Å². The molecule has 2 N–H and O–H groups in total. The van der Waals surface area contributed by atoms with E-state index < -0.39 is 0 Å². The highest BCUT2D eigenvalue weighted by Crippen LogP contribution is 2.24. The van der Waals surface area contributed by atoms with Gasteiger partial charge < -0.3 is 10.6 Å². The molecule has 0 bridgehead atoms. The van der Waals surface area contributed by atoms with Crippen molar-refractivity contribution in [3.05, 3.63) is 35.9 Å². The molecule has 2 heterocycles. The van der Waals surface area contributed by atoms with Gasteiger partial charge in [0, 0.05) is 31.1 Å². The smallest absolute Gasteiger partial charge is 0.241 e. The van der Waals surface area contributed by atoms with Crippen molar-refractivity contribution in [1.29, 1.82) is 0 Å². The van der Waals surface area contributed by atoms with Crippen LogP contribution in [0.3, 0.4) is 0 Å². The predicted molar refractivity (Wildman–Crippen MR) is 111 cm³/mol. The van der Waals surface area contributed by atoms with Crippen LogP contribution < -0.4 is 10.6 Å². The molecule has 0 aliphatic carbocycles. The van der Waals surface area contributed by atoms with Crippen LogP contribution in [0.2, 0.25) is 0 Å². The second-order valence-corrected chi connectivity index (χ2v) is 7.64. The van der Waals surface area contributed by atoms with Gasteiger partial charge in [0.05, 0.1) is 0 Å². The number of benzene rings is 1. The highest BCUT2D eigenvalue weighted by atomic mass is 35.5. The fourth-order valence-corrected chi connectivity index (χ4v) is 4.37. The molecule has 0 spiro atoms. The van der Waals surface area contributed by atoms with Gasteiger partial charge in [-0.2, -0.15) is 11.8 Å². The summed E-state index contributed by atoms with van der Waals surface area (Å²) >= 11 is 1.98. The van der Waals surface area contributed by atoms with E-state index in [1.807, 2.05) is 30.0 Å². The third-order valence-corrected chi connectivity index (χ3v) is 5.68. The molecule has 2 saturated heterocycles. The van der Waals surface area contributed by atoms with E-state index in [9.17, 15) is 4.79 Å². The average molecular weight is 406 g/mol. The molecule has 2 fully saturated rings. The largest absolute Gasteiger partial charge is 0.354 e. The molecule has 2 aliphatic rings. The Morgan fingerprint density at radius 3 is 2.60 bits per heavy atom. The molecule has 2 unspecified atom stereocenters. The first-order valence-corrected chi connectivity index (χ1v) is 9.85. The van der Waals surface area contributed by atoms with Gasteiger partial charge in [0.25, 0.3) is 0 Å². The summed E-state index contributed by atoms with van der Waals surface area (Å²) in [7, 11) is 0. The molecule has 0 saturated carbocycles. The van der Waals surface area contributed by atoms with Crippen molar-refractivity contribution in [1.82, 2.24) is 15.5 Å². The highest BCUT2D eigenvalue weighted by Gasteiger charge is 2.29. The van der Waals surface area contributed by atoms with Crippen LogP contribution in [0, 0.1) is 5.92 Å². The number of thioether (sulfide) groups is 1. The van der Waals surface area contributed by atoms with E-state index >= 15 is 0 Å². The van der Waals surface area contributed by atoms with E-state index in [1.54, 1.807) is 0 Å². The van der Waals surface area contributed by atoms with Crippen LogP contribution in [0.5, 0.6) is 0 Å². The SMILES string of the molecule is Cl.Cl.O=C(NCC1CCCNC1)C(c1ccccc1)N1CCSCC1. The Morgan fingerprint density at radius 2 is 1.96 bits per heavy atom. The van der Waals surface area contributed by atoms with Crippen molar-refractivity contribution in [2.45, 2.75) is 18.9 Å². The molecule has 1 amide bonds. The quantitative estimate of drug-likeness (QED) is 0.790. The number of amides is 1. The number of carbonyl (C=O) groups excluding carboxylic acids is 1. The van der Waals surface area contributed by atoms with Gasteiger partial charge in [-0.1, -0.05) is 30.3 Å². The molecule has 2 atom stereocenters. The van der Waals surface area contributed by atoms with E-state index in [1.165, 1.54) is 12.8 Å². The van der Waals surface area contributed by atoms with Crippen LogP contribution in [0.4, 0.5) is 0 Å². The molecular weight excluding hydrogens is 377 g/mol. The van der Waals surface area contributed by atoms with Crippen molar-refractivity contribution in [3.8, 4) is 0 Å². The first kappa shape index (κ1) is 22.6. The Labute approximate surface area is 167 Å². The zero-order valence-electron chi connectivity index (χ0n) is 14.5. The molecule has 7 heteroatoms. The van der Waals surface area contributed by atoms with Gasteiger partial charge in [-0.15, -0.1) is 24.8 Å². The maximum Gasteiger partial charge on any atom is 0.241 e. The molecule has 0 radical (unpaired) electrons. The lowest BCUT2D eigenvalue weighted by Gasteiger charge is -2.34. The topological polar surface area (TPSA) is 44.4 Å². The summed E-state index contributed by atoms with van der Waals surface area (Å²) in [5, 5.41) is 6.64. The van der Waals surface area contributed by atoms with E-state index in [2.05, 4.69) is 27.7 Å². The molecule has 25 heavy (non-hydrogen) atoms. The van der Waals surface area contributed by atoms with Crippen molar-refractivity contribution in [2.75, 3.05) is 44.2 Å². The lowest BCUT2D eigenvalue weighted by atomic mass is 9.99. The van der Waals surface area contributed by atoms with Gasteiger partial charge in [-0.3, -0.25) is 9.69 Å². The summed E-state index contributed by atoms with van der Waals surface area (Å²) in [6.45, 7) is 4.90. The minimum atomic E-state index is -0.145. The third-order valence-electron chi connectivity index (χ3n) is 4.74. The van der Waals surface area contributed by atoms with Crippen molar-refractivity contribution in [3.63, 3.8) is 0 Å². The number of nitrogens with zero attached hydrogens (tertiary/aromatic N) is 1. The van der Waals surface area contributed by atoms with Gasteiger partial charge in [0.1, 0.15) is 6.04 Å². The lowest BCUT2D eigenvalue weighted by Crippen LogP contribution is -2.46.